The standard InChI is InChI=1S/C13H18N4OS2/c1-7-3-4-17(5-10(7)18)13-11(12(14)16-20-13)9-6-19-8(2)15-9/h6-7,10,18H,3-5H2,1-2H3,(H2,14,16). The summed E-state index contributed by atoms with van der Waals surface area (Å²) in [5.74, 6) is 0.880. The number of aliphatic hydroxyl groups excluding tert-OH is 1. The first-order valence-corrected chi connectivity index (χ1v) is 8.32. The zero-order valence-corrected chi connectivity index (χ0v) is 13.2. The fourth-order valence-electron chi connectivity index (χ4n) is 2.46. The van der Waals surface area contributed by atoms with E-state index in [0.717, 1.165) is 34.2 Å². The Morgan fingerprint density at radius 2 is 2.30 bits per heavy atom. The van der Waals surface area contributed by atoms with Crippen molar-refractivity contribution >= 4 is 33.7 Å². The summed E-state index contributed by atoms with van der Waals surface area (Å²) < 4.78 is 4.28. The molecule has 0 aromatic carbocycles. The fourth-order valence-corrected chi connectivity index (χ4v) is 3.92. The van der Waals surface area contributed by atoms with Gasteiger partial charge in [-0.2, -0.15) is 4.37 Å². The first-order valence-electron chi connectivity index (χ1n) is 6.67. The minimum atomic E-state index is -0.294. The summed E-state index contributed by atoms with van der Waals surface area (Å²) >= 11 is 3.00. The molecule has 1 aliphatic rings. The van der Waals surface area contributed by atoms with Crippen LogP contribution in [-0.2, 0) is 0 Å². The average molecular weight is 310 g/mol. The number of rotatable bonds is 2. The molecular formula is C13H18N4OS2. The van der Waals surface area contributed by atoms with E-state index in [1.54, 1.807) is 11.3 Å². The van der Waals surface area contributed by atoms with E-state index in [1.807, 2.05) is 12.3 Å². The summed E-state index contributed by atoms with van der Waals surface area (Å²) in [5.41, 5.74) is 7.83. The molecule has 1 aliphatic heterocycles. The lowest BCUT2D eigenvalue weighted by molar-refractivity contribution is 0.103. The summed E-state index contributed by atoms with van der Waals surface area (Å²) in [6, 6.07) is 0. The number of hydrogen-bond donors (Lipinski definition) is 2. The van der Waals surface area contributed by atoms with Crippen LogP contribution in [0.25, 0.3) is 11.3 Å². The van der Waals surface area contributed by atoms with Crippen LogP contribution in [0.15, 0.2) is 5.38 Å². The van der Waals surface area contributed by atoms with Gasteiger partial charge in [-0.05, 0) is 30.8 Å². The van der Waals surface area contributed by atoms with E-state index in [0.29, 0.717) is 18.3 Å². The SMILES string of the molecule is Cc1nc(-c2c(N)nsc2N2CCC(C)C(O)C2)cs1. The zero-order valence-electron chi connectivity index (χ0n) is 11.5. The van der Waals surface area contributed by atoms with Crippen molar-refractivity contribution in [1.29, 1.82) is 0 Å². The number of nitrogens with zero attached hydrogens (tertiary/aromatic N) is 3. The van der Waals surface area contributed by atoms with Gasteiger partial charge < -0.3 is 15.7 Å². The monoisotopic (exact) mass is 310 g/mol. The van der Waals surface area contributed by atoms with Crippen LogP contribution >= 0.6 is 22.9 Å². The second-order valence-corrected chi connectivity index (χ2v) is 7.09. The molecule has 20 heavy (non-hydrogen) atoms. The van der Waals surface area contributed by atoms with E-state index >= 15 is 0 Å². The van der Waals surface area contributed by atoms with Crippen LogP contribution in [0, 0.1) is 12.8 Å². The Morgan fingerprint density at radius 1 is 1.50 bits per heavy atom. The Bertz CT molecular complexity index is 609. The van der Waals surface area contributed by atoms with E-state index in [4.69, 9.17) is 5.73 Å². The molecular weight excluding hydrogens is 292 g/mol. The summed E-state index contributed by atoms with van der Waals surface area (Å²) in [5, 5.41) is 14.1. The van der Waals surface area contributed by atoms with Crippen LogP contribution in [0.2, 0.25) is 0 Å². The number of thiazole rings is 1. The lowest BCUT2D eigenvalue weighted by atomic mass is 9.96. The lowest BCUT2D eigenvalue weighted by Gasteiger charge is -2.35. The minimum absolute atomic E-state index is 0.294. The third-order valence-electron chi connectivity index (χ3n) is 3.78. The second kappa shape index (κ2) is 5.31. The van der Waals surface area contributed by atoms with Crippen LogP contribution in [0.3, 0.4) is 0 Å². The largest absolute Gasteiger partial charge is 0.391 e. The number of aryl methyl sites for hydroxylation is 1. The highest BCUT2D eigenvalue weighted by Gasteiger charge is 2.28. The molecule has 7 heteroatoms. The molecule has 3 N–H and O–H groups in total. The molecule has 0 amide bonds. The summed E-state index contributed by atoms with van der Waals surface area (Å²) in [7, 11) is 0. The topological polar surface area (TPSA) is 75.3 Å². The summed E-state index contributed by atoms with van der Waals surface area (Å²) in [4.78, 5) is 6.70. The third kappa shape index (κ3) is 2.41. The fraction of sp³-hybridized carbons (Fsp3) is 0.538. The molecule has 0 radical (unpaired) electrons. The van der Waals surface area contributed by atoms with Crippen LogP contribution in [0.4, 0.5) is 10.8 Å². The van der Waals surface area contributed by atoms with Crippen molar-refractivity contribution in [3.63, 3.8) is 0 Å². The first kappa shape index (κ1) is 13.8. The van der Waals surface area contributed by atoms with Crippen LogP contribution < -0.4 is 10.6 Å². The molecule has 0 spiro atoms. The smallest absolute Gasteiger partial charge is 0.148 e. The second-order valence-electron chi connectivity index (χ2n) is 5.28. The Hall–Kier alpha value is -1.18. The van der Waals surface area contributed by atoms with E-state index in [2.05, 4.69) is 21.2 Å². The maximum atomic E-state index is 10.1. The molecule has 108 valence electrons. The zero-order chi connectivity index (χ0) is 14.3. The summed E-state index contributed by atoms with van der Waals surface area (Å²) in [6.07, 6.45) is 0.686. The van der Waals surface area contributed by atoms with E-state index in [9.17, 15) is 5.11 Å². The van der Waals surface area contributed by atoms with Crippen LogP contribution in [0.1, 0.15) is 18.4 Å². The molecule has 5 nitrogen and oxygen atoms in total. The number of nitrogen functional groups attached to an aromatic ring is 1. The first-order chi connectivity index (χ1) is 9.56. The molecule has 0 bridgehead atoms. The quantitative estimate of drug-likeness (QED) is 0.890. The van der Waals surface area contributed by atoms with Crippen molar-refractivity contribution in [3.8, 4) is 11.3 Å². The third-order valence-corrected chi connectivity index (χ3v) is 5.48. The van der Waals surface area contributed by atoms with Crippen molar-refractivity contribution in [3.05, 3.63) is 10.4 Å². The van der Waals surface area contributed by atoms with Gasteiger partial charge in [0, 0.05) is 18.5 Å². The molecule has 3 rings (SSSR count). The number of anilines is 2. The van der Waals surface area contributed by atoms with Gasteiger partial charge in [0.25, 0.3) is 0 Å². The molecule has 2 atom stereocenters. The highest BCUT2D eigenvalue weighted by molar-refractivity contribution is 7.11. The van der Waals surface area contributed by atoms with Crippen molar-refractivity contribution in [2.75, 3.05) is 23.7 Å². The van der Waals surface area contributed by atoms with Crippen molar-refractivity contribution in [2.45, 2.75) is 26.4 Å². The molecule has 2 aromatic rings. The van der Waals surface area contributed by atoms with Crippen LogP contribution in [-0.4, -0.2) is 33.7 Å². The molecule has 0 saturated carbocycles. The molecule has 3 heterocycles. The number of nitrogens with two attached hydrogens (primary N) is 1. The van der Waals surface area contributed by atoms with Gasteiger partial charge in [0.2, 0.25) is 0 Å². The Morgan fingerprint density at radius 3 is 2.95 bits per heavy atom. The molecule has 1 saturated heterocycles. The van der Waals surface area contributed by atoms with Gasteiger partial charge >= 0.3 is 0 Å². The summed E-state index contributed by atoms with van der Waals surface area (Å²) in [6.45, 7) is 5.64. The van der Waals surface area contributed by atoms with Crippen LogP contribution in [0.5, 0.6) is 0 Å². The minimum Gasteiger partial charge on any atom is -0.391 e. The van der Waals surface area contributed by atoms with Gasteiger partial charge in [-0.25, -0.2) is 4.98 Å². The van der Waals surface area contributed by atoms with Crippen molar-refractivity contribution in [1.82, 2.24) is 9.36 Å². The van der Waals surface area contributed by atoms with Crippen molar-refractivity contribution in [2.24, 2.45) is 5.92 Å². The van der Waals surface area contributed by atoms with Gasteiger partial charge in [-0.1, -0.05) is 6.92 Å². The normalized spacial score (nSPS) is 23.2. The van der Waals surface area contributed by atoms with Gasteiger partial charge in [0.05, 0.1) is 22.4 Å². The average Bonchev–Trinajstić information content (AvgIpc) is 2.99. The molecule has 0 aliphatic carbocycles. The highest BCUT2D eigenvalue weighted by atomic mass is 32.1. The Labute approximate surface area is 126 Å². The van der Waals surface area contributed by atoms with E-state index < -0.39 is 0 Å². The Kier molecular flexibility index (Phi) is 3.66. The lowest BCUT2D eigenvalue weighted by Crippen LogP contribution is -2.42. The van der Waals surface area contributed by atoms with Gasteiger partial charge in [-0.3, -0.25) is 0 Å². The van der Waals surface area contributed by atoms with Gasteiger partial charge in [0.15, 0.2) is 0 Å². The highest BCUT2D eigenvalue weighted by Crippen LogP contribution is 2.40. The number of aliphatic hydroxyl groups is 1. The maximum Gasteiger partial charge on any atom is 0.148 e. The van der Waals surface area contributed by atoms with Gasteiger partial charge in [0.1, 0.15) is 10.8 Å². The molecule has 1 fully saturated rings. The molecule has 2 unspecified atom stereocenters. The van der Waals surface area contributed by atoms with Gasteiger partial charge in [-0.15, -0.1) is 11.3 Å². The van der Waals surface area contributed by atoms with E-state index in [-0.39, 0.29) is 6.10 Å². The number of aromatic nitrogens is 2. The number of piperidine rings is 1. The predicted molar refractivity (Wildman–Crippen MR) is 84.4 cm³/mol. The Balaban J connectivity index is 1.95. The molecule has 2 aromatic heterocycles. The predicted octanol–water partition coefficient (Wildman–Crippen LogP) is 2.36. The number of β-amino-alcohol motifs (C(OH)–C–C–N with tert-alkyl or cyclic N) is 1. The van der Waals surface area contributed by atoms with E-state index in [1.165, 1.54) is 11.5 Å². The van der Waals surface area contributed by atoms with Crippen molar-refractivity contribution < 1.29 is 5.11 Å². The maximum absolute atomic E-state index is 10.1. The number of hydrogen-bond acceptors (Lipinski definition) is 7.